The number of aryl methyl sites for hydroxylation is 16. The number of hydrogen-bond donors (Lipinski definition) is 0. The summed E-state index contributed by atoms with van der Waals surface area (Å²) in [4.78, 5) is 0. The molecule has 0 aromatic carbocycles. The topological polar surface area (TPSA) is 246 Å². The normalized spacial score (nSPS) is 13.6. The molecule has 0 saturated carbocycles. The van der Waals surface area contributed by atoms with Gasteiger partial charge in [0.2, 0.25) is 0 Å². The fourth-order valence-corrected chi connectivity index (χ4v) is 9.06. The second kappa shape index (κ2) is 33.1. The molecule has 24 nitrogen and oxygen atoms in total. The minimum atomic E-state index is -10.7. The Morgan fingerprint density at radius 1 is 0.170 bits per heavy atom. The van der Waals surface area contributed by atoms with E-state index < -0.39 is 31.2 Å². The van der Waals surface area contributed by atoms with Gasteiger partial charge in [0.1, 0.15) is 0 Å². The number of hydrogen-bond acceptors (Lipinski definition) is 16. The van der Waals surface area contributed by atoms with Crippen LogP contribution in [0, 0.1) is 111 Å². The van der Waals surface area contributed by atoms with Gasteiger partial charge in [-0.05, 0) is 208 Å². The fourth-order valence-electron chi connectivity index (χ4n) is 9.06. The molecule has 0 N–H and O–H groups in total. The number of aromatic nitrogens is 24. The van der Waals surface area contributed by atoms with Crippen molar-refractivity contribution >= 4 is 31.2 Å². The molecule has 0 aliphatic rings. The maximum atomic E-state index is 9.87. The average Bonchev–Trinajstić information content (AvgIpc) is 0.987. The van der Waals surface area contributed by atoms with Crippen LogP contribution in [0.15, 0.2) is 97.1 Å². The third-order valence-corrected chi connectivity index (χ3v) is 12.4. The Balaban J connectivity index is 0.000000664. The van der Waals surface area contributed by atoms with Crippen LogP contribution < -0.4 is 0 Å². The van der Waals surface area contributed by atoms with Gasteiger partial charge in [-0.3, -0.25) is 0 Å². The van der Waals surface area contributed by atoms with Crippen LogP contribution in [0.25, 0.3) is 46.5 Å². The predicted molar refractivity (Wildman–Crippen MR) is 355 cm³/mol. The van der Waals surface area contributed by atoms with Gasteiger partial charge in [-0.1, -0.05) is 0 Å². The van der Waals surface area contributed by atoms with Gasteiger partial charge >= 0.3 is 200 Å². The van der Waals surface area contributed by atoms with Gasteiger partial charge in [-0.2, -0.15) is 40.8 Å². The molecule has 0 radical (unpaired) electrons. The maximum absolute atomic E-state index is 10.7. The minimum absolute atomic E-state index is 0. The molecule has 12 heterocycles. The molecule has 0 bridgehead atoms. The molecule has 12 aromatic rings. The number of rotatable bonds is 8. The van der Waals surface area contributed by atoms with Crippen molar-refractivity contribution in [1.29, 1.82) is 0 Å². The van der Waals surface area contributed by atoms with Crippen LogP contribution in [-0.2, 0) is 68.3 Å². The van der Waals surface area contributed by atoms with E-state index in [9.17, 15) is 101 Å². The molecule has 0 amide bonds. The summed E-state index contributed by atoms with van der Waals surface area (Å²) in [5.41, 5.74) is 16.0. The van der Waals surface area contributed by atoms with Crippen LogP contribution >= 0.6 is 31.2 Å². The zero-order valence-electron chi connectivity index (χ0n) is 60.0. The molecule has 0 spiro atoms. The third-order valence-electron chi connectivity index (χ3n) is 12.4. The van der Waals surface area contributed by atoms with Crippen molar-refractivity contribution in [1.82, 2.24) is 119 Å². The maximum Gasteiger partial charge on any atom is 1.00 e. The van der Waals surface area contributed by atoms with Gasteiger partial charge in [0, 0.05) is 45.6 Å². The van der Waals surface area contributed by atoms with Crippen molar-refractivity contribution in [3.8, 4) is 46.5 Å². The van der Waals surface area contributed by atoms with Gasteiger partial charge in [0.25, 0.3) is 0 Å². The molecule has 112 heavy (non-hydrogen) atoms. The Bertz CT molecular complexity index is 4200. The molecule has 56 heteroatoms. The molecular formula is C56H64Cu4F24N24P4. The Hall–Kier alpha value is -7.88. The van der Waals surface area contributed by atoms with Gasteiger partial charge in [-0.15, -0.1) is 40.8 Å². The summed E-state index contributed by atoms with van der Waals surface area (Å²) in [6.07, 6.45) is 0. The van der Waals surface area contributed by atoms with Crippen LogP contribution in [0.2, 0.25) is 0 Å². The van der Waals surface area contributed by atoms with E-state index in [0.717, 1.165) is 91.1 Å². The fraction of sp³-hybridized carbons (Fsp3) is 0.286. The molecule has 0 aliphatic carbocycles. The molecular weight excluding hydrogens is 1840 g/mol. The van der Waals surface area contributed by atoms with Crippen LogP contribution in [0.4, 0.5) is 101 Å². The van der Waals surface area contributed by atoms with Gasteiger partial charge in [-0.25, -0.2) is 37.5 Å². The van der Waals surface area contributed by atoms with Gasteiger partial charge in [0.05, 0.1) is 45.6 Å². The third kappa shape index (κ3) is 40.7. The Kier molecular flexibility index (Phi) is 30.2. The summed E-state index contributed by atoms with van der Waals surface area (Å²) in [7, 11) is -42.6. The van der Waals surface area contributed by atoms with Crippen LogP contribution in [0.3, 0.4) is 0 Å². The van der Waals surface area contributed by atoms with E-state index in [1.165, 1.54) is 0 Å². The van der Waals surface area contributed by atoms with Crippen molar-refractivity contribution in [3.63, 3.8) is 0 Å². The summed E-state index contributed by atoms with van der Waals surface area (Å²) in [5, 5.41) is 69.1. The molecule has 0 fully saturated rings. The minimum Gasteiger partial charge on any atom is 1.00 e. The summed E-state index contributed by atoms with van der Waals surface area (Å²) in [6, 6.07) is 31.3. The average molecular weight is 1910 g/mol. The Morgan fingerprint density at radius 2 is 0.241 bits per heavy atom. The van der Waals surface area contributed by atoms with E-state index >= 15 is 0 Å². The Labute approximate surface area is 661 Å². The number of halogens is 24. The summed E-state index contributed by atoms with van der Waals surface area (Å²) in [6.45, 7) is 31.6. The molecule has 0 unspecified atom stereocenters. The van der Waals surface area contributed by atoms with E-state index in [4.69, 9.17) is 0 Å². The zero-order valence-corrected chi connectivity index (χ0v) is 67.4. The standard InChI is InChI=1S/4C14H16N6.4Cu.4F6P/c4*1-9-7-11(3)19(17-9)13-5-6-14(16-15-13)20-12(4)8-10(2)18-20;;;;;4*1-7(2,3,4,5)6/h4*5-8H,1-4H3;;;;;;;;/q;;;;4*+1;4*-1. The van der Waals surface area contributed by atoms with E-state index in [1.54, 1.807) is 37.5 Å². The zero-order chi connectivity index (χ0) is 82.7. The molecule has 12 rings (SSSR count). The second-order valence-electron chi connectivity index (χ2n) is 23.5. The van der Waals surface area contributed by atoms with Crippen LogP contribution in [0.5, 0.6) is 0 Å². The molecule has 12 aromatic heterocycles. The van der Waals surface area contributed by atoms with E-state index in [1.807, 2.05) is 208 Å². The van der Waals surface area contributed by atoms with Gasteiger partial charge < -0.3 is 0 Å². The summed E-state index contributed by atoms with van der Waals surface area (Å²) < 4.78 is 251. The first-order valence-corrected chi connectivity index (χ1v) is 38.0. The molecule has 640 valence electrons. The first kappa shape index (κ1) is 102. The summed E-state index contributed by atoms with van der Waals surface area (Å²) in [5.74, 6) is 5.67. The Morgan fingerprint density at radius 3 is 0.286 bits per heavy atom. The van der Waals surface area contributed by atoms with Crippen molar-refractivity contribution in [3.05, 3.63) is 188 Å². The van der Waals surface area contributed by atoms with Gasteiger partial charge in [0.15, 0.2) is 46.5 Å². The molecule has 0 aliphatic heterocycles. The van der Waals surface area contributed by atoms with Crippen molar-refractivity contribution < 1.29 is 169 Å². The molecule has 0 atom stereocenters. The van der Waals surface area contributed by atoms with E-state index in [0.29, 0.717) is 46.5 Å². The first-order chi connectivity index (χ1) is 48.0. The second-order valence-corrected chi connectivity index (χ2v) is 31.2. The van der Waals surface area contributed by atoms with Crippen molar-refractivity contribution in [2.24, 2.45) is 0 Å². The largest absolute Gasteiger partial charge is 1.00 e. The van der Waals surface area contributed by atoms with Crippen molar-refractivity contribution in [2.45, 2.75) is 111 Å². The van der Waals surface area contributed by atoms with Crippen LogP contribution in [0.1, 0.15) is 91.1 Å². The van der Waals surface area contributed by atoms with E-state index in [-0.39, 0.29) is 68.3 Å². The monoisotopic (exact) mass is 1900 g/mol. The summed E-state index contributed by atoms with van der Waals surface area (Å²) >= 11 is 0. The smallest absolute Gasteiger partial charge is 1.00 e. The molecule has 0 saturated heterocycles. The predicted octanol–water partition coefficient (Wildman–Crippen LogP) is 21.8. The SMILES string of the molecule is Cc1cc(C)n(-c2ccc(-n3nc(C)cc3C)nn2)n1.Cc1cc(C)n(-c2ccc(-n3nc(C)cc3C)nn2)n1.Cc1cc(C)n(-c2ccc(-n3nc(C)cc3C)nn2)n1.Cc1cc(C)n(-c2ccc(-n3nc(C)cc3C)nn2)n1.F[P-](F)(F)(F)(F)F.F[P-](F)(F)(F)(F)F.F[P-](F)(F)(F)(F)F.F[P-](F)(F)(F)(F)F.[Cu+].[Cu+].[Cu+].[Cu+]. The quantitative estimate of drug-likeness (QED) is 0.0779. The van der Waals surface area contributed by atoms with Crippen molar-refractivity contribution in [2.75, 3.05) is 0 Å². The number of nitrogens with zero attached hydrogens (tertiary/aromatic N) is 24. The van der Waals surface area contributed by atoms with E-state index in [2.05, 4.69) is 81.6 Å². The van der Waals surface area contributed by atoms with Crippen LogP contribution in [-0.4, -0.2) is 119 Å². The first-order valence-electron chi connectivity index (χ1n) is 29.9.